The number of benzene rings is 5. The minimum atomic E-state index is -1.36. The molecule has 1 heterocycles. The Labute approximate surface area is 242 Å². The first kappa shape index (κ1) is 26.5. The van der Waals surface area contributed by atoms with Crippen LogP contribution in [0.15, 0.2) is 152 Å². The van der Waals surface area contributed by atoms with Gasteiger partial charge in [-0.2, -0.15) is 0 Å². The first-order chi connectivity index (χ1) is 20.0. The molecule has 5 aromatic carbocycles. The molecule has 6 aromatic rings. The number of aryl methyl sites for hydroxylation is 1. The molecule has 6 rings (SSSR count). The van der Waals surface area contributed by atoms with Gasteiger partial charge in [-0.3, -0.25) is 0 Å². The Hall–Kier alpha value is -4.73. The summed E-state index contributed by atoms with van der Waals surface area (Å²) in [5.74, 6) is 0. The number of imidazole rings is 1. The van der Waals surface area contributed by atoms with Gasteiger partial charge in [0.25, 0.3) is 0 Å². The van der Waals surface area contributed by atoms with Gasteiger partial charge in [-0.15, -0.1) is 0 Å². The number of aromatic nitrogens is 2. The molecule has 0 radical (unpaired) electrons. The van der Waals surface area contributed by atoms with E-state index in [1.165, 1.54) is 0 Å². The van der Waals surface area contributed by atoms with Gasteiger partial charge in [0, 0.05) is 6.42 Å². The number of rotatable bonds is 8. The molecule has 0 spiro atoms. The van der Waals surface area contributed by atoms with Gasteiger partial charge in [0.05, 0.1) is 18.2 Å². The Morgan fingerprint density at radius 2 is 1.10 bits per heavy atom. The summed E-state index contributed by atoms with van der Waals surface area (Å²) in [6.07, 6.45) is 4.12. The van der Waals surface area contributed by atoms with Crippen molar-refractivity contribution >= 4 is 0 Å². The monoisotopic (exact) mass is 534 g/mol. The van der Waals surface area contributed by atoms with Crippen LogP contribution in [0.5, 0.6) is 0 Å². The maximum absolute atomic E-state index is 13.1. The van der Waals surface area contributed by atoms with E-state index in [2.05, 4.69) is 115 Å². The summed E-state index contributed by atoms with van der Waals surface area (Å²) in [6.45, 7) is 4.20. The highest BCUT2D eigenvalue weighted by Gasteiger charge is 2.45. The van der Waals surface area contributed by atoms with E-state index in [0.29, 0.717) is 6.42 Å². The van der Waals surface area contributed by atoms with Crippen molar-refractivity contribution in [3.05, 3.63) is 197 Å². The normalized spacial score (nSPS) is 13.0. The Kier molecular flexibility index (Phi) is 7.13. The number of nitrogens with zero attached hydrogens (tertiary/aromatic N) is 2. The maximum Gasteiger partial charge on any atom is 0.135 e. The van der Waals surface area contributed by atoms with Crippen molar-refractivity contribution in [2.24, 2.45) is 0 Å². The fraction of sp³-hybridized carbons (Fsp3) is 0.132. The van der Waals surface area contributed by atoms with Crippen molar-refractivity contribution in [1.82, 2.24) is 9.55 Å². The van der Waals surface area contributed by atoms with Gasteiger partial charge in [-0.05, 0) is 52.8 Å². The molecule has 0 aliphatic heterocycles. The van der Waals surface area contributed by atoms with Crippen LogP contribution in [0.4, 0.5) is 0 Å². The van der Waals surface area contributed by atoms with Gasteiger partial charge in [-0.25, -0.2) is 4.98 Å². The fourth-order valence-corrected chi connectivity index (χ4v) is 6.24. The number of hydrogen-bond acceptors (Lipinski definition) is 2. The Morgan fingerprint density at radius 1 is 0.610 bits per heavy atom. The Morgan fingerprint density at radius 3 is 1.61 bits per heavy atom. The highest BCUT2D eigenvalue weighted by molar-refractivity contribution is 5.53. The predicted molar refractivity (Wildman–Crippen MR) is 166 cm³/mol. The van der Waals surface area contributed by atoms with Crippen LogP contribution in [-0.4, -0.2) is 14.7 Å². The Bertz CT molecular complexity index is 1630. The third kappa shape index (κ3) is 4.59. The molecule has 1 N–H and O–H groups in total. The van der Waals surface area contributed by atoms with Crippen LogP contribution in [0, 0.1) is 13.8 Å². The molecule has 202 valence electrons. The maximum atomic E-state index is 13.1. The van der Waals surface area contributed by atoms with Crippen LogP contribution < -0.4 is 0 Å². The van der Waals surface area contributed by atoms with Gasteiger partial charge >= 0.3 is 0 Å². The molecule has 1 atom stereocenters. The molecule has 0 aliphatic carbocycles. The highest BCUT2D eigenvalue weighted by Crippen LogP contribution is 2.45. The van der Waals surface area contributed by atoms with E-state index >= 15 is 0 Å². The number of aliphatic hydroxyl groups is 1. The molecule has 3 heteroatoms. The van der Waals surface area contributed by atoms with Crippen LogP contribution >= 0.6 is 0 Å². The minimum absolute atomic E-state index is 0.401. The van der Waals surface area contributed by atoms with Crippen LogP contribution in [0.25, 0.3) is 0 Å². The average Bonchev–Trinajstić information content (AvgIpc) is 3.52. The summed E-state index contributed by atoms with van der Waals surface area (Å²) in [6, 6.07) is 48.0. The summed E-state index contributed by atoms with van der Waals surface area (Å²) in [5.41, 5.74) is 5.96. The van der Waals surface area contributed by atoms with Gasteiger partial charge in [0.2, 0.25) is 0 Å². The van der Waals surface area contributed by atoms with Crippen molar-refractivity contribution in [3.63, 3.8) is 0 Å². The summed E-state index contributed by atoms with van der Waals surface area (Å²) >= 11 is 0. The molecule has 0 saturated carbocycles. The van der Waals surface area contributed by atoms with Crippen molar-refractivity contribution in [2.45, 2.75) is 31.4 Å². The molecule has 0 saturated heterocycles. The van der Waals surface area contributed by atoms with E-state index in [1.54, 1.807) is 0 Å². The molecule has 0 bridgehead atoms. The lowest BCUT2D eigenvalue weighted by atomic mass is 9.75. The van der Waals surface area contributed by atoms with E-state index in [-0.39, 0.29) is 0 Å². The molecule has 0 amide bonds. The fourth-order valence-electron chi connectivity index (χ4n) is 6.24. The first-order valence-electron chi connectivity index (χ1n) is 14.1. The second kappa shape index (κ2) is 11.0. The largest absolute Gasteiger partial charge is 0.378 e. The lowest BCUT2D eigenvalue weighted by Crippen LogP contribution is -2.43. The standard InChI is InChI=1S/C38H34N2O/c1-29-16-15-25-35(30(29)2)37(41,26-31-17-7-3-8-18-31)36-27-39-28-40(36)38(32-19-9-4-10-20-32,33-21-11-5-12-22-33)34-23-13-6-14-24-34/h3-25,27-28,41H,26H2,1-2H3. The van der Waals surface area contributed by atoms with Gasteiger partial charge in [-0.1, -0.05) is 140 Å². The molecule has 41 heavy (non-hydrogen) atoms. The molecular formula is C38H34N2O. The molecule has 1 unspecified atom stereocenters. The zero-order chi connectivity index (χ0) is 28.3. The Balaban J connectivity index is 1.71. The quantitative estimate of drug-likeness (QED) is 0.202. The number of hydrogen-bond donors (Lipinski definition) is 1. The van der Waals surface area contributed by atoms with Crippen molar-refractivity contribution in [1.29, 1.82) is 0 Å². The zero-order valence-electron chi connectivity index (χ0n) is 23.5. The summed E-state index contributed by atoms with van der Waals surface area (Å²) in [7, 11) is 0. The summed E-state index contributed by atoms with van der Waals surface area (Å²) in [4.78, 5) is 4.75. The van der Waals surface area contributed by atoms with E-state index < -0.39 is 11.1 Å². The van der Waals surface area contributed by atoms with Gasteiger partial charge in [0.15, 0.2) is 0 Å². The van der Waals surface area contributed by atoms with Crippen molar-refractivity contribution < 1.29 is 5.11 Å². The van der Waals surface area contributed by atoms with E-state index in [4.69, 9.17) is 4.98 Å². The van der Waals surface area contributed by atoms with E-state index in [1.807, 2.05) is 55.0 Å². The molecule has 3 nitrogen and oxygen atoms in total. The molecule has 0 aliphatic rings. The second-order valence-electron chi connectivity index (χ2n) is 10.7. The third-order valence-electron chi connectivity index (χ3n) is 8.35. The molecule has 1 aromatic heterocycles. The summed E-state index contributed by atoms with van der Waals surface area (Å²) in [5, 5.41) is 13.1. The zero-order valence-corrected chi connectivity index (χ0v) is 23.5. The minimum Gasteiger partial charge on any atom is -0.378 e. The highest BCUT2D eigenvalue weighted by atomic mass is 16.3. The smallest absolute Gasteiger partial charge is 0.135 e. The lowest BCUT2D eigenvalue weighted by molar-refractivity contribution is 0.0694. The van der Waals surface area contributed by atoms with Crippen molar-refractivity contribution in [3.8, 4) is 0 Å². The first-order valence-corrected chi connectivity index (χ1v) is 14.1. The SMILES string of the molecule is Cc1cccc(C(O)(Cc2ccccc2)c2cncn2C(c2ccccc2)(c2ccccc2)c2ccccc2)c1C. The van der Waals surface area contributed by atoms with E-state index in [0.717, 1.165) is 44.6 Å². The van der Waals surface area contributed by atoms with E-state index in [9.17, 15) is 5.11 Å². The summed E-state index contributed by atoms with van der Waals surface area (Å²) < 4.78 is 2.19. The van der Waals surface area contributed by atoms with Crippen LogP contribution in [0.2, 0.25) is 0 Å². The van der Waals surface area contributed by atoms with Crippen LogP contribution in [0.3, 0.4) is 0 Å². The third-order valence-corrected chi connectivity index (χ3v) is 8.35. The topological polar surface area (TPSA) is 38.1 Å². The lowest BCUT2D eigenvalue weighted by Gasteiger charge is -2.42. The van der Waals surface area contributed by atoms with Gasteiger partial charge < -0.3 is 9.67 Å². The van der Waals surface area contributed by atoms with Gasteiger partial charge in [0.1, 0.15) is 11.1 Å². The molecular weight excluding hydrogens is 500 g/mol. The average molecular weight is 535 g/mol. The van der Waals surface area contributed by atoms with Crippen molar-refractivity contribution in [2.75, 3.05) is 0 Å². The predicted octanol–water partition coefficient (Wildman–Crippen LogP) is 7.82. The van der Waals surface area contributed by atoms with Crippen LogP contribution in [0.1, 0.15) is 44.6 Å². The van der Waals surface area contributed by atoms with Crippen LogP contribution in [-0.2, 0) is 17.6 Å². The second-order valence-corrected chi connectivity index (χ2v) is 10.7. The molecule has 0 fully saturated rings.